The predicted octanol–water partition coefficient (Wildman–Crippen LogP) is 1.06. The lowest BCUT2D eigenvalue weighted by Gasteiger charge is -2.38. The van der Waals surface area contributed by atoms with Gasteiger partial charge in [0.15, 0.2) is 0 Å². The molecule has 0 aromatic heterocycles. The van der Waals surface area contributed by atoms with Crippen molar-refractivity contribution < 1.29 is 14.9 Å². The molecule has 1 heterocycles. The van der Waals surface area contributed by atoms with Crippen molar-refractivity contribution in [2.75, 3.05) is 32.9 Å². The number of hydrogen-bond donors (Lipinski definition) is 3. The predicted molar refractivity (Wildman–Crippen MR) is 70.5 cm³/mol. The molecule has 4 heteroatoms. The molecule has 0 spiro atoms. The van der Waals surface area contributed by atoms with Gasteiger partial charge in [-0.2, -0.15) is 0 Å². The lowest BCUT2D eigenvalue weighted by Crippen LogP contribution is -2.48. The van der Waals surface area contributed by atoms with E-state index in [0.717, 1.165) is 19.4 Å². The highest BCUT2D eigenvalue weighted by atomic mass is 16.5. The second-order valence-corrected chi connectivity index (χ2v) is 6.16. The van der Waals surface area contributed by atoms with Gasteiger partial charge in [0.05, 0.1) is 5.60 Å². The largest absolute Gasteiger partial charge is 0.396 e. The van der Waals surface area contributed by atoms with Crippen LogP contribution in [0.3, 0.4) is 0 Å². The van der Waals surface area contributed by atoms with Crippen molar-refractivity contribution in [3.8, 4) is 0 Å². The van der Waals surface area contributed by atoms with Gasteiger partial charge in [0.2, 0.25) is 0 Å². The molecule has 2 aliphatic rings. The van der Waals surface area contributed by atoms with E-state index in [4.69, 9.17) is 4.74 Å². The van der Waals surface area contributed by atoms with E-state index in [9.17, 15) is 10.2 Å². The maximum Gasteiger partial charge on any atom is 0.0815 e. The lowest BCUT2D eigenvalue weighted by atomic mass is 9.74. The SMILES string of the molecule is OCC1(CNCC2(O)CCOCC2)CCCCC1. The van der Waals surface area contributed by atoms with Gasteiger partial charge in [0.1, 0.15) is 0 Å². The summed E-state index contributed by atoms with van der Waals surface area (Å²) < 4.78 is 5.27. The van der Waals surface area contributed by atoms with Crippen LogP contribution < -0.4 is 5.32 Å². The molecule has 4 nitrogen and oxygen atoms in total. The third-order valence-corrected chi connectivity index (χ3v) is 4.63. The fraction of sp³-hybridized carbons (Fsp3) is 1.00. The van der Waals surface area contributed by atoms with Gasteiger partial charge in [-0.15, -0.1) is 0 Å². The molecule has 0 atom stereocenters. The van der Waals surface area contributed by atoms with E-state index in [1.165, 1.54) is 19.3 Å². The molecule has 1 aliphatic heterocycles. The smallest absolute Gasteiger partial charge is 0.0815 e. The van der Waals surface area contributed by atoms with Crippen molar-refractivity contribution in [3.63, 3.8) is 0 Å². The summed E-state index contributed by atoms with van der Waals surface area (Å²) in [4.78, 5) is 0. The van der Waals surface area contributed by atoms with Gasteiger partial charge < -0.3 is 20.3 Å². The van der Waals surface area contributed by atoms with Gasteiger partial charge in [-0.05, 0) is 12.8 Å². The first kappa shape index (κ1) is 14.3. The number of rotatable bonds is 5. The van der Waals surface area contributed by atoms with Crippen molar-refractivity contribution in [2.24, 2.45) is 5.41 Å². The normalized spacial score (nSPS) is 27.0. The Labute approximate surface area is 110 Å². The topological polar surface area (TPSA) is 61.7 Å². The lowest BCUT2D eigenvalue weighted by molar-refractivity contribution is -0.0635. The summed E-state index contributed by atoms with van der Waals surface area (Å²) in [6.07, 6.45) is 7.39. The van der Waals surface area contributed by atoms with Crippen molar-refractivity contribution in [2.45, 2.75) is 50.5 Å². The molecule has 0 bridgehead atoms. The van der Waals surface area contributed by atoms with Gasteiger partial charge in [-0.3, -0.25) is 0 Å². The fourth-order valence-corrected chi connectivity index (χ4v) is 3.18. The molecule has 3 N–H and O–H groups in total. The highest BCUT2D eigenvalue weighted by molar-refractivity contribution is 4.88. The van der Waals surface area contributed by atoms with Crippen molar-refractivity contribution in [3.05, 3.63) is 0 Å². The molecule has 2 rings (SSSR count). The summed E-state index contributed by atoms with van der Waals surface area (Å²) in [7, 11) is 0. The third-order valence-electron chi connectivity index (χ3n) is 4.63. The van der Waals surface area contributed by atoms with Crippen LogP contribution >= 0.6 is 0 Å². The molecule has 1 saturated heterocycles. The summed E-state index contributed by atoms with van der Waals surface area (Å²) in [5.74, 6) is 0. The highest BCUT2D eigenvalue weighted by Crippen LogP contribution is 2.35. The molecular formula is C14H27NO3. The van der Waals surface area contributed by atoms with E-state index >= 15 is 0 Å². The van der Waals surface area contributed by atoms with Crippen LogP contribution in [0.25, 0.3) is 0 Å². The Balaban J connectivity index is 1.75. The van der Waals surface area contributed by atoms with E-state index in [2.05, 4.69) is 5.32 Å². The Morgan fingerprint density at radius 3 is 2.22 bits per heavy atom. The molecule has 18 heavy (non-hydrogen) atoms. The summed E-state index contributed by atoms with van der Waals surface area (Å²) in [5, 5.41) is 23.4. The van der Waals surface area contributed by atoms with E-state index < -0.39 is 5.60 Å². The highest BCUT2D eigenvalue weighted by Gasteiger charge is 2.33. The molecule has 0 aromatic rings. The van der Waals surface area contributed by atoms with Crippen LogP contribution in [0.2, 0.25) is 0 Å². The molecule has 1 aliphatic carbocycles. The molecule has 0 unspecified atom stereocenters. The molecule has 0 radical (unpaired) electrons. The molecule has 106 valence electrons. The first-order chi connectivity index (χ1) is 8.68. The van der Waals surface area contributed by atoms with Crippen LogP contribution in [-0.4, -0.2) is 48.7 Å². The Kier molecular flexibility index (Phi) is 5.01. The maximum absolute atomic E-state index is 10.4. The first-order valence-electron chi connectivity index (χ1n) is 7.30. The average molecular weight is 257 g/mol. The minimum Gasteiger partial charge on any atom is -0.396 e. The van der Waals surface area contributed by atoms with Crippen LogP contribution in [0.1, 0.15) is 44.9 Å². The van der Waals surface area contributed by atoms with Crippen LogP contribution in [0.4, 0.5) is 0 Å². The van der Waals surface area contributed by atoms with E-state index in [0.29, 0.717) is 32.6 Å². The number of aliphatic hydroxyl groups excluding tert-OH is 1. The van der Waals surface area contributed by atoms with Gasteiger partial charge in [0.25, 0.3) is 0 Å². The summed E-state index contributed by atoms with van der Waals surface area (Å²) >= 11 is 0. The molecular weight excluding hydrogens is 230 g/mol. The third kappa shape index (κ3) is 3.67. The van der Waals surface area contributed by atoms with Gasteiger partial charge in [-0.1, -0.05) is 19.3 Å². The molecule has 0 aromatic carbocycles. The minimum atomic E-state index is -0.608. The Bertz CT molecular complexity index is 245. The van der Waals surface area contributed by atoms with Crippen molar-refractivity contribution >= 4 is 0 Å². The molecule has 1 saturated carbocycles. The number of ether oxygens (including phenoxy) is 1. The van der Waals surface area contributed by atoms with Crippen molar-refractivity contribution in [1.82, 2.24) is 5.32 Å². The second kappa shape index (κ2) is 6.33. The zero-order chi connectivity index (χ0) is 12.9. The van der Waals surface area contributed by atoms with Gasteiger partial charge in [0, 0.05) is 51.2 Å². The molecule has 0 amide bonds. The van der Waals surface area contributed by atoms with E-state index in [-0.39, 0.29) is 12.0 Å². The second-order valence-electron chi connectivity index (χ2n) is 6.16. The Morgan fingerprint density at radius 2 is 1.61 bits per heavy atom. The summed E-state index contributed by atoms with van der Waals surface area (Å²) in [6.45, 7) is 3.03. The zero-order valence-corrected chi connectivity index (χ0v) is 11.3. The van der Waals surface area contributed by atoms with Crippen LogP contribution in [0, 0.1) is 5.41 Å². The van der Waals surface area contributed by atoms with Crippen LogP contribution in [0.15, 0.2) is 0 Å². The van der Waals surface area contributed by atoms with Crippen LogP contribution in [0.5, 0.6) is 0 Å². The number of aliphatic hydroxyl groups is 2. The molecule has 2 fully saturated rings. The number of nitrogens with one attached hydrogen (secondary N) is 1. The van der Waals surface area contributed by atoms with Gasteiger partial charge in [-0.25, -0.2) is 0 Å². The standard InChI is InChI=1S/C14H27NO3/c16-12-13(4-2-1-3-5-13)10-15-11-14(17)6-8-18-9-7-14/h15-17H,1-12H2. The van der Waals surface area contributed by atoms with Crippen molar-refractivity contribution in [1.29, 1.82) is 0 Å². The van der Waals surface area contributed by atoms with Crippen LogP contribution in [-0.2, 0) is 4.74 Å². The quantitative estimate of drug-likeness (QED) is 0.689. The first-order valence-corrected chi connectivity index (χ1v) is 7.30. The fourth-order valence-electron chi connectivity index (χ4n) is 3.18. The summed E-state index contributed by atoms with van der Waals surface area (Å²) in [6, 6.07) is 0. The summed E-state index contributed by atoms with van der Waals surface area (Å²) in [5.41, 5.74) is -0.552. The monoisotopic (exact) mass is 257 g/mol. The maximum atomic E-state index is 10.4. The Morgan fingerprint density at radius 1 is 0.944 bits per heavy atom. The average Bonchev–Trinajstić information content (AvgIpc) is 2.40. The zero-order valence-electron chi connectivity index (χ0n) is 11.3. The van der Waals surface area contributed by atoms with E-state index in [1.807, 2.05) is 0 Å². The number of hydrogen-bond acceptors (Lipinski definition) is 4. The Hall–Kier alpha value is -0.160. The minimum absolute atomic E-state index is 0.0553. The van der Waals surface area contributed by atoms with Gasteiger partial charge >= 0.3 is 0 Å². The van der Waals surface area contributed by atoms with E-state index in [1.54, 1.807) is 0 Å².